The molecule has 1 atom stereocenters. The number of hydrogen-bond donors (Lipinski definition) is 2. The summed E-state index contributed by atoms with van der Waals surface area (Å²) in [4.78, 5) is 15.2. The molecule has 0 saturated carbocycles. The van der Waals surface area contributed by atoms with Gasteiger partial charge in [0.15, 0.2) is 11.9 Å². The van der Waals surface area contributed by atoms with Crippen LogP contribution in [0.3, 0.4) is 0 Å². The Morgan fingerprint density at radius 2 is 2.24 bits per heavy atom. The van der Waals surface area contributed by atoms with Crippen LogP contribution in [0, 0.1) is 0 Å². The van der Waals surface area contributed by atoms with E-state index in [-0.39, 0.29) is 5.82 Å². The van der Waals surface area contributed by atoms with Crippen molar-refractivity contribution < 1.29 is 18.3 Å². The molecule has 0 radical (unpaired) electrons. The van der Waals surface area contributed by atoms with E-state index in [9.17, 15) is 18.0 Å². The molecule has 1 rings (SSSR count). The third-order valence-corrected chi connectivity index (χ3v) is 2.10. The molecule has 1 aromatic rings. The average molecular weight is 251 g/mol. The van der Waals surface area contributed by atoms with E-state index in [2.05, 4.69) is 10.3 Å². The Hall–Kier alpha value is -1.57. The van der Waals surface area contributed by atoms with E-state index in [0.717, 1.165) is 0 Å². The van der Waals surface area contributed by atoms with E-state index in [1.165, 1.54) is 17.0 Å². The van der Waals surface area contributed by atoms with Gasteiger partial charge in [-0.05, 0) is 6.92 Å². The zero-order valence-electron chi connectivity index (χ0n) is 9.03. The number of aliphatic hydroxyl groups excluding tert-OH is 1. The third-order valence-electron chi connectivity index (χ3n) is 2.10. The Labute approximate surface area is 94.9 Å². The van der Waals surface area contributed by atoms with Gasteiger partial charge < -0.3 is 15.0 Å². The zero-order chi connectivity index (χ0) is 13.1. The predicted octanol–water partition coefficient (Wildman–Crippen LogP) is 0.598. The van der Waals surface area contributed by atoms with Crippen LogP contribution in [0.5, 0.6) is 0 Å². The molecule has 96 valence electrons. The van der Waals surface area contributed by atoms with Crippen LogP contribution in [-0.4, -0.2) is 33.5 Å². The van der Waals surface area contributed by atoms with Crippen LogP contribution in [0.2, 0.25) is 0 Å². The van der Waals surface area contributed by atoms with Crippen LogP contribution in [-0.2, 0) is 6.54 Å². The molecule has 8 heteroatoms. The molecule has 1 aromatic heterocycles. The Bertz CT molecular complexity index is 430. The number of halogens is 3. The van der Waals surface area contributed by atoms with Crippen molar-refractivity contribution in [1.82, 2.24) is 9.55 Å². The maximum Gasteiger partial charge on any atom is 0.416 e. The summed E-state index contributed by atoms with van der Waals surface area (Å²) in [5.41, 5.74) is -0.524. The second kappa shape index (κ2) is 5.17. The molecule has 0 saturated heterocycles. The Morgan fingerprint density at radius 1 is 1.59 bits per heavy atom. The molecule has 1 unspecified atom stereocenters. The van der Waals surface area contributed by atoms with Crippen molar-refractivity contribution >= 4 is 5.82 Å². The summed E-state index contributed by atoms with van der Waals surface area (Å²) in [5, 5.41) is 10.9. The van der Waals surface area contributed by atoms with Gasteiger partial charge in [-0.15, -0.1) is 0 Å². The van der Waals surface area contributed by atoms with Crippen molar-refractivity contribution in [2.24, 2.45) is 0 Å². The maximum atomic E-state index is 12.0. The molecular formula is C9H12F3N3O2. The minimum Gasteiger partial charge on any atom is -0.382 e. The van der Waals surface area contributed by atoms with E-state index < -0.39 is 24.4 Å². The molecular weight excluding hydrogens is 239 g/mol. The van der Waals surface area contributed by atoms with Crippen LogP contribution in [0.1, 0.15) is 6.92 Å². The minimum absolute atomic E-state index is 0.211. The van der Waals surface area contributed by atoms with Gasteiger partial charge in [-0.2, -0.15) is 13.2 Å². The summed E-state index contributed by atoms with van der Waals surface area (Å²) in [7, 11) is 0. The van der Waals surface area contributed by atoms with E-state index in [1.807, 2.05) is 0 Å². The maximum absolute atomic E-state index is 12.0. The van der Waals surface area contributed by atoms with Gasteiger partial charge in [-0.25, -0.2) is 4.98 Å². The van der Waals surface area contributed by atoms with Crippen LogP contribution >= 0.6 is 0 Å². The lowest BCUT2D eigenvalue weighted by atomic mass is 10.3. The van der Waals surface area contributed by atoms with Gasteiger partial charge in [0.25, 0.3) is 5.56 Å². The van der Waals surface area contributed by atoms with Crippen molar-refractivity contribution in [2.45, 2.75) is 25.7 Å². The first-order chi connectivity index (χ1) is 7.86. The van der Waals surface area contributed by atoms with E-state index >= 15 is 0 Å². The molecule has 0 fully saturated rings. The average Bonchev–Trinajstić information content (AvgIpc) is 2.26. The number of alkyl halides is 3. The summed E-state index contributed by atoms with van der Waals surface area (Å²) in [5.74, 6) is -0.211. The number of aliphatic hydroxyl groups is 1. The quantitative estimate of drug-likeness (QED) is 0.822. The Morgan fingerprint density at radius 3 is 2.76 bits per heavy atom. The molecule has 0 amide bonds. The molecule has 0 aliphatic rings. The molecule has 17 heavy (non-hydrogen) atoms. The number of rotatable bonds is 4. The molecule has 0 bridgehead atoms. The molecule has 5 nitrogen and oxygen atoms in total. The van der Waals surface area contributed by atoms with Crippen LogP contribution in [0.4, 0.5) is 19.0 Å². The molecule has 0 aromatic carbocycles. The van der Waals surface area contributed by atoms with Gasteiger partial charge in [-0.1, -0.05) is 0 Å². The second-order valence-corrected chi connectivity index (χ2v) is 3.31. The SMILES string of the molecule is CCn1ccnc(NCC(O)C(F)(F)F)c1=O. The Kier molecular flexibility index (Phi) is 4.11. The zero-order valence-corrected chi connectivity index (χ0v) is 9.03. The van der Waals surface area contributed by atoms with Gasteiger partial charge in [0.1, 0.15) is 0 Å². The van der Waals surface area contributed by atoms with Crippen molar-refractivity contribution in [3.8, 4) is 0 Å². The van der Waals surface area contributed by atoms with Crippen molar-refractivity contribution in [3.63, 3.8) is 0 Å². The third kappa shape index (κ3) is 3.45. The van der Waals surface area contributed by atoms with Gasteiger partial charge in [0.2, 0.25) is 0 Å². The summed E-state index contributed by atoms with van der Waals surface area (Å²) in [6.45, 7) is 1.30. The summed E-state index contributed by atoms with van der Waals surface area (Å²) in [6.07, 6.45) is -4.52. The first-order valence-electron chi connectivity index (χ1n) is 4.90. The van der Waals surface area contributed by atoms with Gasteiger partial charge in [0.05, 0.1) is 6.54 Å². The summed E-state index contributed by atoms with van der Waals surface area (Å²) < 4.78 is 37.3. The van der Waals surface area contributed by atoms with Gasteiger partial charge in [0, 0.05) is 18.9 Å². The fourth-order valence-corrected chi connectivity index (χ4v) is 1.13. The number of anilines is 1. The number of nitrogens with zero attached hydrogens (tertiary/aromatic N) is 2. The lowest BCUT2D eigenvalue weighted by Gasteiger charge is -2.15. The molecule has 2 N–H and O–H groups in total. The fourth-order valence-electron chi connectivity index (χ4n) is 1.13. The predicted molar refractivity (Wildman–Crippen MR) is 54.7 cm³/mol. The van der Waals surface area contributed by atoms with E-state index in [0.29, 0.717) is 6.54 Å². The van der Waals surface area contributed by atoms with Crippen molar-refractivity contribution in [2.75, 3.05) is 11.9 Å². The van der Waals surface area contributed by atoms with Crippen LogP contribution in [0.15, 0.2) is 17.2 Å². The molecule has 0 aliphatic heterocycles. The highest BCUT2D eigenvalue weighted by Crippen LogP contribution is 2.19. The number of hydrogen-bond acceptors (Lipinski definition) is 4. The molecule has 1 heterocycles. The second-order valence-electron chi connectivity index (χ2n) is 3.31. The van der Waals surface area contributed by atoms with Crippen molar-refractivity contribution in [1.29, 1.82) is 0 Å². The van der Waals surface area contributed by atoms with E-state index in [1.54, 1.807) is 6.92 Å². The van der Waals surface area contributed by atoms with Crippen molar-refractivity contribution in [3.05, 3.63) is 22.7 Å². The number of nitrogens with one attached hydrogen (secondary N) is 1. The normalized spacial score (nSPS) is 13.5. The van der Waals surface area contributed by atoms with Crippen LogP contribution in [0.25, 0.3) is 0 Å². The highest BCUT2D eigenvalue weighted by molar-refractivity contribution is 5.30. The first kappa shape index (κ1) is 13.5. The van der Waals surface area contributed by atoms with E-state index in [4.69, 9.17) is 5.11 Å². The lowest BCUT2D eigenvalue weighted by Crippen LogP contribution is -2.36. The smallest absolute Gasteiger partial charge is 0.382 e. The highest BCUT2D eigenvalue weighted by Gasteiger charge is 2.38. The first-order valence-corrected chi connectivity index (χ1v) is 4.90. The number of aromatic nitrogens is 2. The number of aryl methyl sites for hydroxylation is 1. The standard InChI is InChI=1S/C9H12F3N3O2/c1-2-15-4-3-13-7(8(15)17)14-5-6(16)9(10,11)12/h3-4,6,16H,2,5H2,1H3,(H,13,14). The topological polar surface area (TPSA) is 67.2 Å². The van der Waals surface area contributed by atoms with Gasteiger partial charge >= 0.3 is 6.18 Å². The Balaban J connectivity index is 2.74. The highest BCUT2D eigenvalue weighted by atomic mass is 19.4. The fraction of sp³-hybridized carbons (Fsp3) is 0.556. The molecule has 0 spiro atoms. The van der Waals surface area contributed by atoms with Crippen LogP contribution < -0.4 is 10.9 Å². The summed E-state index contributed by atoms with van der Waals surface area (Å²) >= 11 is 0. The molecule has 0 aliphatic carbocycles. The minimum atomic E-state index is -4.72. The van der Waals surface area contributed by atoms with Gasteiger partial charge in [-0.3, -0.25) is 4.79 Å². The largest absolute Gasteiger partial charge is 0.416 e. The summed E-state index contributed by atoms with van der Waals surface area (Å²) in [6, 6.07) is 0. The monoisotopic (exact) mass is 251 g/mol. The lowest BCUT2D eigenvalue weighted by molar-refractivity contribution is -0.198.